The Kier molecular flexibility index (Phi) is 6.55. The molecule has 0 aliphatic carbocycles. The molecule has 0 radical (unpaired) electrons. The summed E-state index contributed by atoms with van der Waals surface area (Å²) < 4.78 is 47.7. The second-order valence-corrected chi connectivity index (χ2v) is 8.90. The summed E-state index contributed by atoms with van der Waals surface area (Å²) in [6, 6.07) is 15.1. The molecule has 192 valence electrons. The molecule has 0 unspecified atom stereocenters. The summed E-state index contributed by atoms with van der Waals surface area (Å²) in [5.41, 5.74) is 0.360. The van der Waals surface area contributed by atoms with Crippen LogP contribution in [0.1, 0.15) is 10.5 Å². The molecular weight excluding hydrogens is 519 g/mol. The number of nitrogens with zero attached hydrogens (tertiary/aromatic N) is 4. The van der Waals surface area contributed by atoms with E-state index < -0.39 is 34.5 Å². The first kappa shape index (κ1) is 25.0. The smallest absolute Gasteiger partial charge is 0.362 e. The Hall–Kier alpha value is -4.71. The van der Waals surface area contributed by atoms with Crippen LogP contribution in [0.4, 0.5) is 29.7 Å². The third kappa shape index (κ3) is 4.57. The monoisotopic (exact) mass is 537 g/mol. The summed E-state index contributed by atoms with van der Waals surface area (Å²) in [5, 5.41) is 6.35. The molecule has 0 bridgehead atoms. The minimum atomic E-state index is -1.06. The number of carbonyl (C=O) groups is 1. The van der Waals surface area contributed by atoms with Crippen LogP contribution in [0.5, 0.6) is 0 Å². The molecule has 5 rings (SSSR count). The van der Waals surface area contributed by atoms with E-state index in [9.17, 15) is 22.8 Å². The number of hydrogen-bond acceptors (Lipinski definition) is 8. The zero-order valence-electron chi connectivity index (χ0n) is 19.9. The number of carbonyl (C=O) groups excluding carboxylic acids is 1. The van der Waals surface area contributed by atoms with Gasteiger partial charge in [-0.2, -0.15) is 0 Å². The number of ether oxygens (including phenoxy) is 1. The second kappa shape index (κ2) is 9.98. The van der Waals surface area contributed by atoms with Gasteiger partial charge >= 0.3 is 11.5 Å². The van der Waals surface area contributed by atoms with Crippen LogP contribution in [0, 0.1) is 17.5 Å². The summed E-state index contributed by atoms with van der Waals surface area (Å²) in [6.45, 7) is 0. The zero-order chi connectivity index (χ0) is 27.0. The summed E-state index contributed by atoms with van der Waals surface area (Å²) in [6.07, 6.45) is 0. The highest BCUT2D eigenvalue weighted by molar-refractivity contribution is 7.14. The van der Waals surface area contributed by atoms with E-state index in [4.69, 9.17) is 4.74 Å². The summed E-state index contributed by atoms with van der Waals surface area (Å²) in [4.78, 5) is 34.1. The number of esters is 1. The van der Waals surface area contributed by atoms with Gasteiger partial charge in [-0.15, -0.1) is 11.3 Å². The predicted molar refractivity (Wildman–Crippen MR) is 138 cm³/mol. The van der Waals surface area contributed by atoms with E-state index in [0.29, 0.717) is 39.7 Å². The molecule has 8 nitrogen and oxygen atoms in total. The first-order valence-corrected chi connectivity index (χ1v) is 12.0. The Morgan fingerprint density at radius 2 is 1.74 bits per heavy atom. The van der Waals surface area contributed by atoms with E-state index in [0.717, 1.165) is 18.4 Å². The topological polar surface area (TPSA) is 89.3 Å². The lowest BCUT2D eigenvalue weighted by Gasteiger charge is -2.24. The van der Waals surface area contributed by atoms with Crippen molar-refractivity contribution in [1.82, 2.24) is 14.6 Å². The fourth-order valence-corrected chi connectivity index (χ4v) is 4.61. The maximum atomic E-state index is 14.2. The second-order valence-electron chi connectivity index (χ2n) is 8.04. The molecule has 0 amide bonds. The minimum Gasteiger partial charge on any atom is -0.464 e. The van der Waals surface area contributed by atoms with E-state index in [1.54, 1.807) is 54.5 Å². The standard InChI is InChI=1S/C26H18F3N5O3S/c1-33(16-6-4-3-5-7-16)34-21-12-15(8-9-19(21)31-23(24(34)35)25(36)37-2)30-26-32-20(13-38-26)22-17(28)10-14(27)11-18(22)29/h3-13H,1-2H3,(H,30,32). The number of hydrogen-bond donors (Lipinski definition) is 1. The Morgan fingerprint density at radius 1 is 1.03 bits per heavy atom. The number of nitrogens with one attached hydrogen (secondary N) is 1. The predicted octanol–water partition coefficient (Wildman–Crippen LogP) is 5.37. The average molecular weight is 538 g/mol. The number of thiazole rings is 1. The molecule has 0 saturated carbocycles. The summed E-state index contributed by atoms with van der Waals surface area (Å²) in [7, 11) is 2.83. The fraction of sp³-hybridized carbons (Fsp3) is 0.0769. The van der Waals surface area contributed by atoms with E-state index >= 15 is 0 Å². The molecule has 12 heteroatoms. The fourth-order valence-electron chi connectivity index (χ4n) is 3.89. The Bertz CT molecular complexity index is 1720. The molecule has 5 aromatic rings. The molecule has 2 heterocycles. The van der Waals surface area contributed by atoms with Gasteiger partial charge in [-0.1, -0.05) is 18.2 Å². The van der Waals surface area contributed by atoms with Crippen LogP contribution in [0.2, 0.25) is 0 Å². The Labute approximate surface area is 217 Å². The van der Waals surface area contributed by atoms with Gasteiger partial charge in [0.25, 0.3) is 0 Å². The van der Waals surface area contributed by atoms with Gasteiger partial charge in [-0.05, 0) is 30.3 Å². The van der Waals surface area contributed by atoms with Crippen LogP contribution < -0.4 is 15.9 Å². The third-order valence-corrected chi connectivity index (χ3v) is 6.42. The van der Waals surface area contributed by atoms with Gasteiger partial charge in [-0.25, -0.2) is 32.6 Å². The van der Waals surface area contributed by atoms with Gasteiger partial charge in [0.05, 0.1) is 35.1 Å². The Morgan fingerprint density at radius 3 is 2.42 bits per heavy atom. The molecule has 0 spiro atoms. The molecular formula is C26H18F3N5O3S. The number of rotatable bonds is 6. The maximum absolute atomic E-state index is 14.2. The number of halogens is 3. The lowest BCUT2D eigenvalue weighted by Crippen LogP contribution is -2.39. The van der Waals surface area contributed by atoms with Crippen molar-refractivity contribution in [2.24, 2.45) is 0 Å². The summed E-state index contributed by atoms with van der Waals surface area (Å²) >= 11 is 1.08. The number of aromatic nitrogens is 3. The molecule has 0 aliphatic heterocycles. The quantitative estimate of drug-likeness (QED) is 0.292. The van der Waals surface area contributed by atoms with Gasteiger partial charge in [-0.3, -0.25) is 9.80 Å². The van der Waals surface area contributed by atoms with Crippen molar-refractivity contribution >= 4 is 44.8 Å². The van der Waals surface area contributed by atoms with Crippen molar-refractivity contribution in [3.05, 3.63) is 99.5 Å². The number of methoxy groups -OCH3 is 1. The van der Waals surface area contributed by atoms with E-state index in [1.165, 1.54) is 10.1 Å². The highest BCUT2D eigenvalue weighted by Crippen LogP contribution is 2.32. The van der Waals surface area contributed by atoms with Crippen LogP contribution in [-0.4, -0.2) is 34.8 Å². The molecule has 38 heavy (non-hydrogen) atoms. The van der Waals surface area contributed by atoms with E-state index in [-0.39, 0.29) is 11.4 Å². The minimum absolute atomic E-state index is 0.00149. The van der Waals surface area contributed by atoms with Gasteiger partial charge in [0.1, 0.15) is 17.5 Å². The van der Waals surface area contributed by atoms with Crippen molar-refractivity contribution < 1.29 is 22.7 Å². The van der Waals surface area contributed by atoms with Gasteiger partial charge in [0.15, 0.2) is 5.13 Å². The lowest BCUT2D eigenvalue weighted by molar-refractivity contribution is 0.0591. The van der Waals surface area contributed by atoms with Gasteiger partial charge in [0, 0.05) is 30.2 Å². The van der Waals surface area contributed by atoms with Crippen LogP contribution in [0.25, 0.3) is 22.3 Å². The first-order chi connectivity index (χ1) is 18.3. The SMILES string of the molecule is COC(=O)c1nc2ccc(Nc3nc(-c4c(F)cc(F)cc4F)cs3)cc2n(N(C)c2ccccc2)c1=O. The molecule has 0 atom stereocenters. The average Bonchev–Trinajstić information content (AvgIpc) is 3.35. The van der Waals surface area contributed by atoms with E-state index in [1.807, 2.05) is 6.07 Å². The summed E-state index contributed by atoms with van der Waals surface area (Å²) in [5.74, 6) is -4.02. The van der Waals surface area contributed by atoms with Crippen LogP contribution >= 0.6 is 11.3 Å². The molecule has 3 aromatic carbocycles. The van der Waals surface area contributed by atoms with Crippen molar-refractivity contribution in [3.63, 3.8) is 0 Å². The number of anilines is 3. The largest absolute Gasteiger partial charge is 0.464 e. The first-order valence-electron chi connectivity index (χ1n) is 11.1. The number of fused-ring (bicyclic) bond motifs is 1. The number of para-hydroxylation sites is 1. The van der Waals surface area contributed by atoms with Crippen molar-refractivity contribution in [3.8, 4) is 11.3 Å². The zero-order valence-corrected chi connectivity index (χ0v) is 20.7. The highest BCUT2D eigenvalue weighted by Gasteiger charge is 2.21. The Balaban J connectivity index is 1.58. The maximum Gasteiger partial charge on any atom is 0.362 e. The normalized spacial score (nSPS) is 11.0. The molecule has 1 N–H and O–H groups in total. The van der Waals surface area contributed by atoms with Crippen LogP contribution in [0.3, 0.4) is 0 Å². The van der Waals surface area contributed by atoms with Crippen molar-refractivity contribution in [2.75, 3.05) is 24.5 Å². The molecule has 0 aliphatic rings. The number of benzene rings is 3. The third-order valence-electron chi connectivity index (χ3n) is 5.66. The highest BCUT2D eigenvalue weighted by atomic mass is 32.1. The van der Waals surface area contributed by atoms with Crippen LogP contribution in [-0.2, 0) is 4.74 Å². The molecule has 0 saturated heterocycles. The van der Waals surface area contributed by atoms with Gasteiger partial charge < -0.3 is 10.1 Å². The van der Waals surface area contributed by atoms with Crippen molar-refractivity contribution in [2.45, 2.75) is 0 Å². The van der Waals surface area contributed by atoms with E-state index in [2.05, 4.69) is 15.3 Å². The van der Waals surface area contributed by atoms with Gasteiger partial charge in [0.2, 0.25) is 5.69 Å². The molecule has 0 fully saturated rings. The van der Waals surface area contributed by atoms with Crippen molar-refractivity contribution in [1.29, 1.82) is 0 Å². The van der Waals surface area contributed by atoms with Crippen LogP contribution in [0.15, 0.2) is 70.8 Å². The lowest BCUT2D eigenvalue weighted by atomic mass is 10.1. The molecule has 2 aromatic heterocycles.